The second kappa shape index (κ2) is 7.52. The standard InChI is InChI=1S/C16H16BrF2NO/c1-2-20-9-12-7-14(18)5-6-16(12)21-10-11-3-4-13(17)8-15(11)19/h3-8,20H,2,9-10H2,1H3. The van der Waals surface area contributed by atoms with Crippen LogP contribution in [0.1, 0.15) is 18.1 Å². The largest absolute Gasteiger partial charge is 0.488 e. The normalized spacial score (nSPS) is 10.7. The summed E-state index contributed by atoms with van der Waals surface area (Å²) in [6.45, 7) is 3.35. The van der Waals surface area contributed by atoms with Crippen LogP contribution in [0.25, 0.3) is 0 Å². The van der Waals surface area contributed by atoms with Crippen molar-refractivity contribution in [1.82, 2.24) is 5.32 Å². The van der Waals surface area contributed by atoms with Gasteiger partial charge in [-0.2, -0.15) is 0 Å². The second-order valence-electron chi connectivity index (χ2n) is 4.56. The van der Waals surface area contributed by atoms with Gasteiger partial charge in [-0.1, -0.05) is 28.9 Å². The smallest absolute Gasteiger partial charge is 0.130 e. The Kier molecular flexibility index (Phi) is 5.70. The van der Waals surface area contributed by atoms with Crippen molar-refractivity contribution in [1.29, 1.82) is 0 Å². The van der Waals surface area contributed by atoms with Gasteiger partial charge in [0.25, 0.3) is 0 Å². The van der Waals surface area contributed by atoms with Crippen LogP contribution >= 0.6 is 15.9 Å². The van der Waals surface area contributed by atoms with Crippen molar-refractivity contribution < 1.29 is 13.5 Å². The van der Waals surface area contributed by atoms with Gasteiger partial charge in [0, 0.05) is 22.1 Å². The summed E-state index contributed by atoms with van der Waals surface area (Å²) in [5.74, 6) is -0.0931. The quantitative estimate of drug-likeness (QED) is 0.828. The molecule has 0 atom stereocenters. The summed E-state index contributed by atoms with van der Waals surface area (Å²) in [7, 11) is 0. The predicted molar refractivity (Wildman–Crippen MR) is 82.2 cm³/mol. The average molecular weight is 356 g/mol. The zero-order valence-corrected chi connectivity index (χ0v) is 13.2. The molecule has 0 aliphatic carbocycles. The monoisotopic (exact) mass is 355 g/mol. The molecule has 5 heteroatoms. The second-order valence-corrected chi connectivity index (χ2v) is 5.47. The molecule has 2 rings (SSSR count). The number of ether oxygens (including phenoxy) is 1. The third-order valence-electron chi connectivity index (χ3n) is 2.99. The molecular formula is C16H16BrF2NO. The summed E-state index contributed by atoms with van der Waals surface area (Å²) in [6.07, 6.45) is 0. The van der Waals surface area contributed by atoms with Crippen molar-refractivity contribution in [2.45, 2.75) is 20.1 Å². The van der Waals surface area contributed by atoms with Crippen molar-refractivity contribution in [2.75, 3.05) is 6.54 Å². The van der Waals surface area contributed by atoms with E-state index in [2.05, 4.69) is 21.2 Å². The van der Waals surface area contributed by atoms with Gasteiger partial charge < -0.3 is 10.1 Å². The Morgan fingerprint density at radius 3 is 2.62 bits per heavy atom. The molecule has 2 aromatic rings. The third-order valence-corrected chi connectivity index (χ3v) is 3.48. The van der Waals surface area contributed by atoms with E-state index in [-0.39, 0.29) is 18.2 Å². The number of nitrogens with one attached hydrogen (secondary N) is 1. The van der Waals surface area contributed by atoms with Crippen LogP contribution in [0.4, 0.5) is 8.78 Å². The summed E-state index contributed by atoms with van der Waals surface area (Å²) in [5, 5.41) is 3.12. The molecule has 0 spiro atoms. The maximum atomic E-state index is 13.7. The van der Waals surface area contributed by atoms with Gasteiger partial charge >= 0.3 is 0 Å². The van der Waals surface area contributed by atoms with E-state index in [0.717, 1.165) is 12.1 Å². The Hall–Kier alpha value is -1.46. The lowest BCUT2D eigenvalue weighted by Crippen LogP contribution is -2.13. The fourth-order valence-corrected chi connectivity index (χ4v) is 2.21. The number of benzene rings is 2. The Morgan fingerprint density at radius 2 is 1.90 bits per heavy atom. The molecule has 21 heavy (non-hydrogen) atoms. The third kappa shape index (κ3) is 4.51. The van der Waals surface area contributed by atoms with Crippen LogP contribution in [0, 0.1) is 11.6 Å². The van der Waals surface area contributed by atoms with Gasteiger partial charge in [0.05, 0.1) is 0 Å². The molecule has 0 radical (unpaired) electrons. The van der Waals surface area contributed by atoms with Crippen molar-refractivity contribution in [2.24, 2.45) is 0 Å². The van der Waals surface area contributed by atoms with E-state index < -0.39 is 0 Å². The van der Waals surface area contributed by atoms with Crippen molar-refractivity contribution in [3.63, 3.8) is 0 Å². The molecule has 0 aliphatic rings. The molecule has 2 aromatic carbocycles. The molecule has 0 bridgehead atoms. The van der Waals surface area contributed by atoms with Gasteiger partial charge in [0.2, 0.25) is 0 Å². The molecule has 2 nitrogen and oxygen atoms in total. The zero-order chi connectivity index (χ0) is 15.2. The molecule has 0 saturated heterocycles. The Balaban J connectivity index is 2.11. The summed E-state index contributed by atoms with van der Waals surface area (Å²) in [5.41, 5.74) is 1.17. The Labute approximate surface area is 131 Å². The highest BCUT2D eigenvalue weighted by Crippen LogP contribution is 2.22. The minimum atomic E-state index is -0.334. The summed E-state index contributed by atoms with van der Waals surface area (Å²) in [6, 6.07) is 9.14. The number of hydrogen-bond donors (Lipinski definition) is 1. The topological polar surface area (TPSA) is 21.3 Å². The highest BCUT2D eigenvalue weighted by Gasteiger charge is 2.08. The molecule has 0 heterocycles. The van der Waals surface area contributed by atoms with Crippen LogP contribution in [0.2, 0.25) is 0 Å². The number of rotatable bonds is 6. The van der Waals surface area contributed by atoms with E-state index in [9.17, 15) is 8.78 Å². The number of halogens is 3. The maximum absolute atomic E-state index is 13.7. The maximum Gasteiger partial charge on any atom is 0.130 e. The van der Waals surface area contributed by atoms with Crippen LogP contribution in [-0.2, 0) is 13.2 Å². The molecule has 0 saturated carbocycles. The van der Waals surface area contributed by atoms with Gasteiger partial charge in [0.1, 0.15) is 24.0 Å². The van der Waals surface area contributed by atoms with Crippen molar-refractivity contribution in [3.05, 3.63) is 63.6 Å². The van der Waals surface area contributed by atoms with E-state index in [1.165, 1.54) is 18.2 Å². The minimum Gasteiger partial charge on any atom is -0.488 e. The van der Waals surface area contributed by atoms with Gasteiger partial charge in [-0.05, 0) is 36.9 Å². The minimum absolute atomic E-state index is 0.101. The SMILES string of the molecule is CCNCc1cc(F)ccc1OCc1ccc(Br)cc1F. The average Bonchev–Trinajstić information content (AvgIpc) is 2.45. The summed E-state index contributed by atoms with van der Waals surface area (Å²) >= 11 is 3.21. The van der Waals surface area contributed by atoms with E-state index in [1.807, 2.05) is 6.92 Å². The van der Waals surface area contributed by atoms with Gasteiger partial charge in [-0.25, -0.2) is 8.78 Å². The van der Waals surface area contributed by atoms with Gasteiger partial charge in [0.15, 0.2) is 0 Å². The fraction of sp³-hybridized carbons (Fsp3) is 0.250. The Bertz CT molecular complexity index is 619. The molecule has 0 amide bonds. The lowest BCUT2D eigenvalue weighted by atomic mass is 10.2. The lowest BCUT2D eigenvalue weighted by molar-refractivity contribution is 0.295. The molecule has 0 aromatic heterocycles. The van der Waals surface area contributed by atoms with Crippen LogP contribution in [-0.4, -0.2) is 6.54 Å². The van der Waals surface area contributed by atoms with E-state index in [4.69, 9.17) is 4.74 Å². The van der Waals surface area contributed by atoms with Crippen LogP contribution in [0.3, 0.4) is 0 Å². The molecule has 0 unspecified atom stereocenters. The van der Waals surface area contributed by atoms with E-state index in [0.29, 0.717) is 22.3 Å². The predicted octanol–water partition coefficient (Wildman–Crippen LogP) is 4.42. The lowest BCUT2D eigenvalue weighted by Gasteiger charge is -2.12. The molecule has 0 aliphatic heterocycles. The van der Waals surface area contributed by atoms with Gasteiger partial charge in [-0.15, -0.1) is 0 Å². The number of hydrogen-bond acceptors (Lipinski definition) is 2. The molecule has 112 valence electrons. The van der Waals surface area contributed by atoms with Gasteiger partial charge in [-0.3, -0.25) is 0 Å². The summed E-state index contributed by atoms with van der Waals surface area (Å²) in [4.78, 5) is 0. The highest BCUT2D eigenvalue weighted by molar-refractivity contribution is 9.10. The fourth-order valence-electron chi connectivity index (χ4n) is 1.88. The molecule has 0 fully saturated rings. The van der Waals surface area contributed by atoms with Crippen LogP contribution < -0.4 is 10.1 Å². The van der Waals surface area contributed by atoms with Crippen molar-refractivity contribution in [3.8, 4) is 5.75 Å². The first-order chi connectivity index (χ1) is 10.1. The van der Waals surface area contributed by atoms with Crippen LogP contribution in [0.5, 0.6) is 5.75 Å². The van der Waals surface area contributed by atoms with Crippen molar-refractivity contribution >= 4 is 15.9 Å². The highest BCUT2D eigenvalue weighted by atomic mass is 79.9. The first-order valence-corrected chi connectivity index (χ1v) is 7.45. The molecule has 1 N–H and O–H groups in total. The van der Waals surface area contributed by atoms with E-state index in [1.54, 1.807) is 18.2 Å². The zero-order valence-electron chi connectivity index (χ0n) is 11.6. The van der Waals surface area contributed by atoms with Crippen LogP contribution in [0.15, 0.2) is 40.9 Å². The molecular weight excluding hydrogens is 340 g/mol. The summed E-state index contributed by atoms with van der Waals surface area (Å²) < 4.78 is 33.3. The first kappa shape index (κ1) is 15.9. The first-order valence-electron chi connectivity index (χ1n) is 6.66. The Morgan fingerprint density at radius 1 is 1.10 bits per heavy atom. The van der Waals surface area contributed by atoms with E-state index >= 15 is 0 Å².